The lowest BCUT2D eigenvalue weighted by Gasteiger charge is -2.23. The predicted octanol–water partition coefficient (Wildman–Crippen LogP) is 6.39. The average Bonchev–Trinajstić information content (AvgIpc) is 3.21. The van der Waals surface area contributed by atoms with Crippen molar-refractivity contribution in [3.05, 3.63) is 85.8 Å². The summed E-state index contributed by atoms with van der Waals surface area (Å²) in [7, 11) is 0. The molecule has 4 aromatic rings. The molecule has 0 saturated heterocycles. The number of hydrogen-bond acceptors (Lipinski definition) is 5. The number of aromatic nitrogens is 3. The van der Waals surface area contributed by atoms with Gasteiger partial charge in [0.05, 0.1) is 16.8 Å². The summed E-state index contributed by atoms with van der Waals surface area (Å²) in [5.41, 5.74) is 5.63. The summed E-state index contributed by atoms with van der Waals surface area (Å²) in [4.78, 5) is 35.6. The van der Waals surface area contributed by atoms with Gasteiger partial charge in [-0.25, -0.2) is 14.5 Å². The zero-order valence-electron chi connectivity index (χ0n) is 17.8. The van der Waals surface area contributed by atoms with Crippen LogP contribution in [0.4, 0.5) is 0 Å². The summed E-state index contributed by atoms with van der Waals surface area (Å²) in [5, 5.41) is 2.08. The number of carbonyl (C=O) groups is 1. The van der Waals surface area contributed by atoms with Crippen LogP contribution in [-0.4, -0.2) is 26.2 Å². The lowest BCUT2D eigenvalue weighted by Crippen LogP contribution is -2.27. The third-order valence-electron chi connectivity index (χ3n) is 6.18. The maximum absolute atomic E-state index is 13.6. The molecule has 0 saturated carbocycles. The number of allylic oxidation sites excluding steroid dienone is 1. The van der Waals surface area contributed by atoms with Crippen LogP contribution in [0.25, 0.3) is 33.8 Å². The molecule has 1 aliphatic carbocycles. The van der Waals surface area contributed by atoms with Gasteiger partial charge in [0, 0.05) is 15.6 Å². The van der Waals surface area contributed by atoms with E-state index >= 15 is 0 Å². The quantitative estimate of drug-likeness (QED) is 0.295. The molecule has 1 aliphatic heterocycles. The summed E-state index contributed by atoms with van der Waals surface area (Å²) in [5.74, 6) is -0.0430. The van der Waals surface area contributed by atoms with Gasteiger partial charge >= 0.3 is 0 Å². The van der Waals surface area contributed by atoms with Crippen LogP contribution in [0.15, 0.2) is 58.5 Å². The summed E-state index contributed by atoms with van der Waals surface area (Å²) in [6.45, 7) is 0. The molecule has 5 nitrogen and oxygen atoms in total. The van der Waals surface area contributed by atoms with Crippen molar-refractivity contribution in [2.75, 3.05) is 5.75 Å². The Morgan fingerprint density at radius 1 is 0.912 bits per heavy atom. The number of halogens is 2. The Kier molecular flexibility index (Phi) is 5.32. The zero-order chi connectivity index (χ0) is 23.4. The van der Waals surface area contributed by atoms with Gasteiger partial charge in [0.2, 0.25) is 5.91 Å². The highest BCUT2D eigenvalue weighted by Crippen LogP contribution is 2.40. The van der Waals surface area contributed by atoms with E-state index in [1.807, 2.05) is 48.5 Å². The van der Waals surface area contributed by atoms with Crippen LogP contribution in [0.3, 0.4) is 0 Å². The van der Waals surface area contributed by atoms with Crippen molar-refractivity contribution >= 4 is 63.6 Å². The number of hydrogen-bond donors (Lipinski definition) is 0. The Balaban J connectivity index is 1.68. The molecule has 0 spiro atoms. The zero-order valence-corrected chi connectivity index (χ0v) is 20.2. The molecular weight excluding hydrogens is 489 g/mol. The molecule has 0 bridgehead atoms. The van der Waals surface area contributed by atoms with Crippen molar-refractivity contribution in [3.8, 4) is 11.1 Å². The summed E-state index contributed by atoms with van der Waals surface area (Å²) >= 11 is 13.5. The minimum Gasteiger partial charge on any atom is -0.273 e. The minimum atomic E-state index is -0.357. The normalized spacial score (nSPS) is 16.2. The smallest absolute Gasteiger partial charge is 0.271 e. The number of benzene rings is 2. The highest BCUT2D eigenvalue weighted by molar-refractivity contribution is 8.00. The number of pyridine rings is 1. The highest BCUT2D eigenvalue weighted by atomic mass is 35.5. The SMILES string of the molecule is O=C1CSc2nc3nc4c(c(-c5ccc(Cl)cc5)c3c(=O)n21)CCC/C4=C\c1ccc(Cl)cc1. The maximum Gasteiger partial charge on any atom is 0.271 e. The molecule has 2 aromatic carbocycles. The van der Waals surface area contributed by atoms with E-state index in [0.29, 0.717) is 26.2 Å². The number of fused-ring (bicyclic) bond motifs is 3. The van der Waals surface area contributed by atoms with Gasteiger partial charge in [0.1, 0.15) is 0 Å². The van der Waals surface area contributed by atoms with Crippen LogP contribution < -0.4 is 5.56 Å². The first-order valence-electron chi connectivity index (χ1n) is 10.9. The number of rotatable bonds is 2. The summed E-state index contributed by atoms with van der Waals surface area (Å²) < 4.78 is 1.19. The third-order valence-corrected chi connectivity index (χ3v) is 7.61. The summed E-state index contributed by atoms with van der Waals surface area (Å²) in [6, 6.07) is 15.1. The van der Waals surface area contributed by atoms with Gasteiger partial charge in [-0.15, -0.1) is 0 Å². The first-order chi connectivity index (χ1) is 16.5. The van der Waals surface area contributed by atoms with Crippen molar-refractivity contribution < 1.29 is 4.79 Å². The van der Waals surface area contributed by atoms with Crippen molar-refractivity contribution in [3.63, 3.8) is 0 Å². The molecule has 8 heteroatoms. The van der Waals surface area contributed by atoms with Gasteiger partial charge in [-0.05, 0) is 71.9 Å². The van der Waals surface area contributed by atoms with Crippen LogP contribution in [0.5, 0.6) is 0 Å². The molecular formula is C26H17Cl2N3O2S. The van der Waals surface area contributed by atoms with Crippen LogP contribution >= 0.6 is 35.0 Å². The number of thioether (sulfide) groups is 1. The molecule has 168 valence electrons. The Hall–Kier alpha value is -2.93. The number of carbonyl (C=O) groups excluding carboxylic acids is 1. The lowest BCUT2D eigenvalue weighted by atomic mass is 9.84. The summed E-state index contributed by atoms with van der Waals surface area (Å²) in [6.07, 6.45) is 4.69. The number of nitrogens with zero attached hydrogens (tertiary/aromatic N) is 3. The fraction of sp³-hybridized carbons (Fsp3) is 0.154. The molecule has 0 unspecified atom stereocenters. The van der Waals surface area contributed by atoms with E-state index in [0.717, 1.165) is 52.8 Å². The van der Waals surface area contributed by atoms with E-state index in [9.17, 15) is 9.59 Å². The fourth-order valence-electron chi connectivity index (χ4n) is 4.66. The molecule has 0 radical (unpaired) electrons. The lowest BCUT2D eigenvalue weighted by molar-refractivity contribution is 0.0934. The molecule has 3 heterocycles. The third kappa shape index (κ3) is 3.57. The molecule has 0 amide bonds. The van der Waals surface area contributed by atoms with Crippen molar-refractivity contribution in [2.24, 2.45) is 0 Å². The first kappa shape index (κ1) is 21.6. The van der Waals surface area contributed by atoms with E-state index in [4.69, 9.17) is 28.2 Å². The Morgan fingerprint density at radius 2 is 1.62 bits per heavy atom. The van der Waals surface area contributed by atoms with Gasteiger partial charge in [-0.2, -0.15) is 0 Å². The highest BCUT2D eigenvalue weighted by Gasteiger charge is 2.29. The van der Waals surface area contributed by atoms with Gasteiger partial charge in [0.25, 0.3) is 5.56 Å². The van der Waals surface area contributed by atoms with Crippen LogP contribution in [0.1, 0.15) is 34.5 Å². The van der Waals surface area contributed by atoms with E-state index in [1.54, 1.807) is 0 Å². The second-order valence-electron chi connectivity index (χ2n) is 8.31. The van der Waals surface area contributed by atoms with Crippen molar-refractivity contribution in [2.45, 2.75) is 24.4 Å². The van der Waals surface area contributed by atoms with E-state index in [1.165, 1.54) is 16.3 Å². The second kappa shape index (κ2) is 8.38. The Morgan fingerprint density at radius 3 is 2.35 bits per heavy atom. The van der Waals surface area contributed by atoms with E-state index in [2.05, 4.69) is 11.1 Å². The molecule has 2 aromatic heterocycles. The largest absolute Gasteiger partial charge is 0.273 e. The van der Waals surface area contributed by atoms with Crippen LogP contribution in [-0.2, 0) is 6.42 Å². The standard InChI is InChI=1S/C26H17Cl2N3O2S/c27-17-8-4-14(5-9-17)12-16-2-1-3-19-21(15-6-10-18(28)11-7-15)22-24(29-23(16)19)30-26-31(25(22)33)20(32)13-34-26/h4-12H,1-3,13H2/b16-12+. The van der Waals surface area contributed by atoms with Crippen molar-refractivity contribution in [1.82, 2.24) is 14.5 Å². The Labute approximate surface area is 209 Å². The Bertz CT molecular complexity index is 1580. The van der Waals surface area contributed by atoms with Crippen LogP contribution in [0.2, 0.25) is 10.0 Å². The molecule has 34 heavy (non-hydrogen) atoms. The monoisotopic (exact) mass is 505 g/mol. The molecule has 0 fully saturated rings. The van der Waals surface area contributed by atoms with Gasteiger partial charge in [-0.1, -0.05) is 59.2 Å². The van der Waals surface area contributed by atoms with Gasteiger partial charge in [0.15, 0.2) is 10.8 Å². The van der Waals surface area contributed by atoms with Gasteiger partial charge < -0.3 is 0 Å². The molecule has 6 rings (SSSR count). The van der Waals surface area contributed by atoms with Crippen molar-refractivity contribution in [1.29, 1.82) is 0 Å². The van der Waals surface area contributed by atoms with E-state index in [-0.39, 0.29) is 17.2 Å². The maximum atomic E-state index is 13.6. The second-order valence-corrected chi connectivity index (χ2v) is 10.1. The van der Waals surface area contributed by atoms with E-state index < -0.39 is 0 Å². The average molecular weight is 506 g/mol. The van der Waals surface area contributed by atoms with Gasteiger partial charge in [-0.3, -0.25) is 9.59 Å². The topological polar surface area (TPSA) is 64.8 Å². The molecule has 0 atom stereocenters. The van der Waals surface area contributed by atoms with Crippen LogP contribution in [0, 0.1) is 0 Å². The molecule has 0 N–H and O–H groups in total. The predicted molar refractivity (Wildman–Crippen MR) is 138 cm³/mol. The minimum absolute atomic E-state index is 0.205. The fourth-order valence-corrected chi connectivity index (χ4v) is 5.76. The molecule has 2 aliphatic rings. The first-order valence-corrected chi connectivity index (χ1v) is 12.6.